The number of halogens is 1. The number of rotatable bonds is 6. The molecule has 1 saturated carbocycles. The van der Waals surface area contributed by atoms with Gasteiger partial charge < -0.3 is 20.4 Å². The van der Waals surface area contributed by atoms with Crippen LogP contribution in [0.3, 0.4) is 0 Å². The molecule has 10 heteroatoms. The molecule has 2 fully saturated rings. The fourth-order valence-electron chi connectivity index (χ4n) is 3.73. The smallest absolute Gasteiger partial charge is 0.246 e. The highest BCUT2D eigenvalue weighted by Crippen LogP contribution is 2.18. The first-order valence-electron chi connectivity index (χ1n) is 10.2. The van der Waals surface area contributed by atoms with Gasteiger partial charge in [0.25, 0.3) is 0 Å². The number of aliphatic imine (C=N–C) groups is 1. The molecule has 162 valence electrons. The highest BCUT2D eigenvalue weighted by atomic mass is 127. The van der Waals surface area contributed by atoms with Crippen LogP contribution in [0.4, 0.5) is 5.69 Å². The number of hydrogen-bond donors (Lipinski definition) is 2. The first kappa shape index (κ1) is 23.4. The molecule has 0 radical (unpaired) electrons. The van der Waals surface area contributed by atoms with Crippen LogP contribution in [0, 0.1) is 0 Å². The SMILES string of the molecule is CCNC(=NCCC(=O)NC1CCCC1)N1CCN(c2cnn(C)c2)C(=O)C1.I. The Kier molecular flexibility index (Phi) is 9.18. The van der Waals surface area contributed by atoms with Gasteiger partial charge in [0.1, 0.15) is 6.54 Å². The average Bonchev–Trinajstić information content (AvgIpc) is 3.32. The van der Waals surface area contributed by atoms with Gasteiger partial charge in [0, 0.05) is 45.3 Å². The number of nitrogens with one attached hydrogen (secondary N) is 2. The number of guanidine groups is 1. The molecule has 1 aromatic rings. The Morgan fingerprint density at radius 1 is 1.31 bits per heavy atom. The van der Waals surface area contributed by atoms with Gasteiger partial charge in [-0.25, -0.2) is 0 Å². The van der Waals surface area contributed by atoms with E-state index in [1.54, 1.807) is 15.8 Å². The monoisotopic (exact) mass is 517 g/mol. The van der Waals surface area contributed by atoms with Gasteiger partial charge in [-0.05, 0) is 19.8 Å². The second-order valence-corrected chi connectivity index (χ2v) is 7.37. The van der Waals surface area contributed by atoms with Crippen molar-refractivity contribution >= 4 is 47.4 Å². The quantitative estimate of drug-likeness (QED) is 0.335. The second kappa shape index (κ2) is 11.4. The predicted octanol–water partition coefficient (Wildman–Crippen LogP) is 1.10. The third-order valence-electron chi connectivity index (χ3n) is 5.18. The van der Waals surface area contributed by atoms with Crippen molar-refractivity contribution in [2.24, 2.45) is 12.0 Å². The molecule has 1 aliphatic heterocycles. The largest absolute Gasteiger partial charge is 0.357 e. The summed E-state index contributed by atoms with van der Waals surface area (Å²) >= 11 is 0. The number of carbonyl (C=O) groups is 2. The molecule has 9 nitrogen and oxygen atoms in total. The molecule has 2 heterocycles. The van der Waals surface area contributed by atoms with Gasteiger partial charge in [-0.1, -0.05) is 12.8 Å². The van der Waals surface area contributed by atoms with E-state index < -0.39 is 0 Å². The van der Waals surface area contributed by atoms with Crippen LogP contribution in [-0.4, -0.2) is 71.2 Å². The lowest BCUT2D eigenvalue weighted by Gasteiger charge is -2.35. The lowest BCUT2D eigenvalue weighted by Crippen LogP contribution is -2.55. The molecule has 0 bridgehead atoms. The van der Waals surface area contributed by atoms with E-state index in [1.807, 2.05) is 25.1 Å². The van der Waals surface area contributed by atoms with Crippen molar-refractivity contribution in [2.75, 3.05) is 37.6 Å². The zero-order chi connectivity index (χ0) is 19.9. The number of amides is 2. The van der Waals surface area contributed by atoms with Crippen LogP contribution in [0.5, 0.6) is 0 Å². The van der Waals surface area contributed by atoms with Crippen molar-refractivity contribution in [3.63, 3.8) is 0 Å². The van der Waals surface area contributed by atoms with E-state index in [2.05, 4.69) is 20.7 Å². The molecule has 1 aromatic heterocycles. The summed E-state index contributed by atoms with van der Waals surface area (Å²) in [6.45, 7) is 4.64. The summed E-state index contributed by atoms with van der Waals surface area (Å²) in [5.74, 6) is 0.767. The van der Waals surface area contributed by atoms with Crippen LogP contribution < -0.4 is 15.5 Å². The molecule has 2 N–H and O–H groups in total. The fraction of sp³-hybridized carbons (Fsp3) is 0.684. The van der Waals surface area contributed by atoms with Gasteiger partial charge >= 0.3 is 0 Å². The average molecular weight is 517 g/mol. The van der Waals surface area contributed by atoms with E-state index >= 15 is 0 Å². The van der Waals surface area contributed by atoms with Crippen molar-refractivity contribution in [3.05, 3.63) is 12.4 Å². The van der Waals surface area contributed by atoms with Crippen LogP contribution in [0.15, 0.2) is 17.4 Å². The summed E-state index contributed by atoms with van der Waals surface area (Å²) in [6.07, 6.45) is 8.49. The second-order valence-electron chi connectivity index (χ2n) is 7.37. The molecule has 0 aromatic carbocycles. The van der Waals surface area contributed by atoms with Gasteiger partial charge in [-0.15, -0.1) is 24.0 Å². The van der Waals surface area contributed by atoms with E-state index in [1.165, 1.54) is 12.8 Å². The number of hydrogen-bond acceptors (Lipinski definition) is 4. The Hall–Kier alpha value is -1.85. The van der Waals surface area contributed by atoms with Crippen LogP contribution in [0.2, 0.25) is 0 Å². The zero-order valence-electron chi connectivity index (χ0n) is 17.3. The summed E-state index contributed by atoms with van der Waals surface area (Å²) in [4.78, 5) is 33.0. The Morgan fingerprint density at radius 2 is 2.07 bits per heavy atom. The normalized spacial score (nSPS) is 18.0. The van der Waals surface area contributed by atoms with Gasteiger partial charge in [-0.2, -0.15) is 5.10 Å². The molecule has 3 rings (SSSR count). The van der Waals surface area contributed by atoms with Gasteiger partial charge in [0.15, 0.2) is 5.96 Å². The minimum absolute atomic E-state index is 0. The zero-order valence-corrected chi connectivity index (χ0v) is 19.6. The first-order chi connectivity index (χ1) is 13.6. The maximum Gasteiger partial charge on any atom is 0.246 e. The number of aryl methyl sites for hydroxylation is 1. The Morgan fingerprint density at radius 3 is 2.69 bits per heavy atom. The van der Waals surface area contributed by atoms with Gasteiger partial charge in [-0.3, -0.25) is 19.3 Å². The summed E-state index contributed by atoms with van der Waals surface area (Å²) in [6, 6.07) is 0.336. The van der Waals surface area contributed by atoms with Gasteiger partial charge in [0.2, 0.25) is 11.8 Å². The molecular weight excluding hydrogens is 485 g/mol. The fourth-order valence-corrected chi connectivity index (χ4v) is 3.73. The lowest BCUT2D eigenvalue weighted by atomic mass is 10.2. The standard InChI is InChI=1S/C19H31N7O2.HI/c1-3-20-19(21-9-8-17(27)23-15-6-4-5-7-15)25-10-11-26(18(28)14-25)16-12-22-24(2)13-16;/h12-13,15H,3-11,14H2,1-2H3,(H,20,21)(H,23,27);1H. The van der Waals surface area contributed by atoms with Crippen molar-refractivity contribution in [1.82, 2.24) is 25.3 Å². The van der Waals surface area contributed by atoms with E-state index in [9.17, 15) is 9.59 Å². The first-order valence-corrected chi connectivity index (χ1v) is 10.2. The van der Waals surface area contributed by atoms with Crippen LogP contribution >= 0.6 is 24.0 Å². The molecule has 29 heavy (non-hydrogen) atoms. The van der Waals surface area contributed by atoms with Crippen molar-refractivity contribution in [1.29, 1.82) is 0 Å². The maximum atomic E-state index is 12.6. The number of nitrogens with zero attached hydrogens (tertiary/aromatic N) is 5. The van der Waals surface area contributed by atoms with E-state index in [0.29, 0.717) is 44.6 Å². The van der Waals surface area contributed by atoms with Gasteiger partial charge in [0.05, 0.1) is 18.4 Å². The topological polar surface area (TPSA) is 94.9 Å². The molecule has 1 aliphatic carbocycles. The highest BCUT2D eigenvalue weighted by molar-refractivity contribution is 14.0. The van der Waals surface area contributed by atoms with Crippen LogP contribution in [0.1, 0.15) is 39.0 Å². The summed E-state index contributed by atoms with van der Waals surface area (Å²) in [5, 5.41) is 10.5. The molecule has 0 atom stereocenters. The summed E-state index contributed by atoms with van der Waals surface area (Å²) in [7, 11) is 1.84. The number of anilines is 1. The third-order valence-corrected chi connectivity index (χ3v) is 5.18. The van der Waals surface area contributed by atoms with Crippen LogP contribution in [-0.2, 0) is 16.6 Å². The Labute approximate surface area is 189 Å². The van der Waals surface area contributed by atoms with Crippen molar-refractivity contribution < 1.29 is 9.59 Å². The third kappa shape index (κ3) is 6.58. The molecule has 2 amide bonds. The minimum atomic E-state index is 0. The van der Waals surface area contributed by atoms with E-state index in [0.717, 1.165) is 18.5 Å². The summed E-state index contributed by atoms with van der Waals surface area (Å²) in [5.41, 5.74) is 0.817. The molecule has 1 saturated heterocycles. The van der Waals surface area contributed by atoms with Crippen LogP contribution in [0.25, 0.3) is 0 Å². The molecular formula is C19H32IN7O2. The molecule has 0 unspecified atom stereocenters. The Bertz CT molecular complexity index is 715. The minimum Gasteiger partial charge on any atom is -0.357 e. The number of aromatic nitrogens is 2. The highest BCUT2D eigenvalue weighted by Gasteiger charge is 2.27. The lowest BCUT2D eigenvalue weighted by molar-refractivity contribution is -0.122. The molecule has 2 aliphatic rings. The van der Waals surface area contributed by atoms with Crippen molar-refractivity contribution in [2.45, 2.75) is 45.1 Å². The molecule has 0 spiro atoms. The van der Waals surface area contributed by atoms with E-state index in [4.69, 9.17) is 0 Å². The number of piperazine rings is 1. The number of carbonyl (C=O) groups excluding carboxylic acids is 2. The maximum absolute atomic E-state index is 12.6. The summed E-state index contributed by atoms with van der Waals surface area (Å²) < 4.78 is 1.69. The van der Waals surface area contributed by atoms with Crippen molar-refractivity contribution in [3.8, 4) is 0 Å². The van der Waals surface area contributed by atoms with E-state index in [-0.39, 0.29) is 42.3 Å². The Balaban J connectivity index is 0.00000300. The predicted molar refractivity (Wildman–Crippen MR) is 124 cm³/mol.